The van der Waals surface area contributed by atoms with Crippen LogP contribution in [0.25, 0.3) is 0 Å². The molecule has 17 heavy (non-hydrogen) atoms. The third kappa shape index (κ3) is 5.59. The molecule has 0 atom stereocenters. The largest absolute Gasteiger partial charge is 0.382 e. The van der Waals surface area contributed by atoms with Crippen LogP contribution >= 0.6 is 11.3 Å². The van der Waals surface area contributed by atoms with Gasteiger partial charge in [0.15, 0.2) is 5.69 Å². The lowest BCUT2D eigenvalue weighted by Crippen LogP contribution is -2.28. The third-order valence-corrected chi connectivity index (χ3v) is 3.77. The smallest absolute Gasteiger partial charge is 0.224 e. The number of hydrogen-bond donors (Lipinski definition) is 0. The third-order valence-electron chi connectivity index (χ3n) is 2.56. The van der Waals surface area contributed by atoms with Crippen molar-refractivity contribution in [2.45, 2.75) is 13.3 Å². The first-order chi connectivity index (χ1) is 8.25. The number of nitrogens with zero attached hydrogens (tertiary/aromatic N) is 1. The van der Waals surface area contributed by atoms with E-state index in [4.69, 9.17) is 14.2 Å². The Kier molecular flexibility index (Phi) is 7.35. The zero-order valence-electron chi connectivity index (χ0n) is 10.9. The standard InChI is InChI=1S/C12H22NO3S/c1-11-12(17-10-13(11)2)4-5-15-8-9-16-7-6-14-3/h10H,4-9H2,1-3H3/q+1. The normalized spacial score (nSPS) is 11.0. The predicted molar refractivity (Wildman–Crippen MR) is 67.5 cm³/mol. The fraction of sp³-hybridized carbons (Fsp3) is 0.750. The van der Waals surface area contributed by atoms with E-state index in [1.807, 2.05) is 0 Å². The molecule has 1 rings (SSSR count). The van der Waals surface area contributed by atoms with Gasteiger partial charge in [0.25, 0.3) is 0 Å². The van der Waals surface area contributed by atoms with E-state index in [2.05, 4.69) is 24.0 Å². The molecule has 0 aliphatic heterocycles. The van der Waals surface area contributed by atoms with Gasteiger partial charge in [-0.3, -0.25) is 0 Å². The average molecular weight is 260 g/mol. The molecule has 4 nitrogen and oxygen atoms in total. The Hall–Kier alpha value is -0.490. The van der Waals surface area contributed by atoms with Crippen molar-refractivity contribution in [3.8, 4) is 0 Å². The highest BCUT2D eigenvalue weighted by molar-refractivity contribution is 7.09. The van der Waals surface area contributed by atoms with Crippen LogP contribution in [0.2, 0.25) is 0 Å². The zero-order chi connectivity index (χ0) is 12.5. The summed E-state index contributed by atoms with van der Waals surface area (Å²) in [5.74, 6) is 0. The second-order valence-corrected chi connectivity index (χ2v) is 4.75. The monoisotopic (exact) mass is 260 g/mol. The van der Waals surface area contributed by atoms with Gasteiger partial charge in [0, 0.05) is 20.5 Å². The van der Waals surface area contributed by atoms with E-state index in [-0.39, 0.29) is 0 Å². The van der Waals surface area contributed by atoms with E-state index in [0.29, 0.717) is 26.4 Å². The minimum atomic E-state index is 0.639. The summed E-state index contributed by atoms with van der Waals surface area (Å²) in [7, 11) is 3.74. The first kappa shape index (κ1) is 14.6. The highest BCUT2D eigenvalue weighted by Crippen LogP contribution is 2.10. The second-order valence-electron chi connectivity index (χ2n) is 3.81. The summed E-state index contributed by atoms with van der Waals surface area (Å²) in [6.45, 7) is 5.47. The van der Waals surface area contributed by atoms with Crippen molar-refractivity contribution in [1.29, 1.82) is 0 Å². The van der Waals surface area contributed by atoms with Crippen LogP contribution < -0.4 is 4.57 Å². The van der Waals surface area contributed by atoms with Gasteiger partial charge < -0.3 is 14.2 Å². The fourth-order valence-corrected chi connectivity index (χ4v) is 2.33. The van der Waals surface area contributed by atoms with E-state index in [0.717, 1.165) is 13.0 Å². The highest BCUT2D eigenvalue weighted by atomic mass is 32.1. The molecule has 0 aliphatic carbocycles. The summed E-state index contributed by atoms with van der Waals surface area (Å²) < 4.78 is 17.8. The quantitative estimate of drug-likeness (QED) is 0.492. The fourth-order valence-electron chi connectivity index (χ4n) is 1.37. The number of aromatic nitrogens is 1. The molecule has 0 radical (unpaired) electrons. The molecule has 0 amide bonds. The van der Waals surface area contributed by atoms with Crippen LogP contribution in [-0.2, 0) is 27.7 Å². The molecule has 98 valence electrons. The molecule has 0 bridgehead atoms. The van der Waals surface area contributed by atoms with Crippen LogP contribution in [0.3, 0.4) is 0 Å². The van der Waals surface area contributed by atoms with Gasteiger partial charge in [-0.2, -0.15) is 4.57 Å². The maximum atomic E-state index is 5.51. The molecule has 1 aromatic heterocycles. The predicted octanol–water partition coefficient (Wildman–Crippen LogP) is 1.10. The Balaban J connectivity index is 1.99. The summed E-state index contributed by atoms with van der Waals surface area (Å²) in [6, 6.07) is 0. The number of rotatable bonds is 9. The molecular formula is C12H22NO3S+. The number of thiazole rings is 1. The number of aryl methyl sites for hydroxylation is 1. The highest BCUT2D eigenvalue weighted by Gasteiger charge is 2.10. The Morgan fingerprint density at radius 2 is 1.76 bits per heavy atom. The Labute approximate surface area is 107 Å². The van der Waals surface area contributed by atoms with Crippen molar-refractivity contribution < 1.29 is 18.8 Å². The summed E-state index contributed by atoms with van der Waals surface area (Å²) >= 11 is 1.79. The number of methoxy groups -OCH3 is 1. The average Bonchev–Trinajstić information content (AvgIpc) is 2.64. The van der Waals surface area contributed by atoms with Crippen molar-refractivity contribution in [2.24, 2.45) is 7.05 Å². The second kappa shape index (κ2) is 8.58. The molecule has 0 spiro atoms. The summed E-state index contributed by atoms with van der Waals surface area (Å²) in [5.41, 5.74) is 3.45. The molecular weight excluding hydrogens is 238 g/mol. The SMILES string of the molecule is COCCOCCOCCc1sc[n+](C)c1C. The molecule has 0 fully saturated rings. The Bertz CT molecular complexity index is 315. The number of ether oxygens (including phenoxy) is 3. The molecule has 0 unspecified atom stereocenters. The lowest BCUT2D eigenvalue weighted by atomic mass is 10.3. The van der Waals surface area contributed by atoms with Crippen LogP contribution in [0.15, 0.2) is 5.51 Å². The van der Waals surface area contributed by atoms with Crippen molar-refractivity contribution >= 4 is 11.3 Å². The first-order valence-corrected chi connectivity index (χ1v) is 6.70. The van der Waals surface area contributed by atoms with Crippen LogP contribution in [0.4, 0.5) is 0 Å². The van der Waals surface area contributed by atoms with Crippen LogP contribution in [-0.4, -0.2) is 40.1 Å². The van der Waals surface area contributed by atoms with Gasteiger partial charge in [-0.05, 0) is 0 Å². The topological polar surface area (TPSA) is 31.6 Å². The molecule has 0 saturated carbocycles. The lowest BCUT2D eigenvalue weighted by Gasteiger charge is -2.04. The van der Waals surface area contributed by atoms with Gasteiger partial charge in [0.1, 0.15) is 7.05 Å². The van der Waals surface area contributed by atoms with Gasteiger partial charge in [-0.1, -0.05) is 11.3 Å². The van der Waals surface area contributed by atoms with Gasteiger partial charge in [0.05, 0.1) is 37.9 Å². The van der Waals surface area contributed by atoms with Crippen molar-refractivity contribution in [1.82, 2.24) is 0 Å². The summed E-state index contributed by atoms with van der Waals surface area (Å²) in [4.78, 5) is 1.40. The maximum absolute atomic E-state index is 5.51. The minimum absolute atomic E-state index is 0.639. The van der Waals surface area contributed by atoms with Crippen molar-refractivity contribution in [3.63, 3.8) is 0 Å². The first-order valence-electron chi connectivity index (χ1n) is 5.82. The van der Waals surface area contributed by atoms with Crippen molar-refractivity contribution in [2.75, 3.05) is 40.1 Å². The van der Waals surface area contributed by atoms with Crippen LogP contribution in [0, 0.1) is 6.92 Å². The summed E-state index contributed by atoms with van der Waals surface area (Å²) in [6.07, 6.45) is 0.982. The van der Waals surface area contributed by atoms with E-state index < -0.39 is 0 Å². The lowest BCUT2D eigenvalue weighted by molar-refractivity contribution is -0.673. The van der Waals surface area contributed by atoms with Gasteiger partial charge in [-0.25, -0.2) is 0 Å². The van der Waals surface area contributed by atoms with E-state index in [1.54, 1.807) is 18.4 Å². The minimum Gasteiger partial charge on any atom is -0.382 e. The van der Waals surface area contributed by atoms with Gasteiger partial charge in [-0.15, -0.1) is 0 Å². The van der Waals surface area contributed by atoms with Crippen LogP contribution in [0.5, 0.6) is 0 Å². The zero-order valence-corrected chi connectivity index (χ0v) is 11.7. The molecule has 0 saturated heterocycles. The molecule has 0 aromatic carbocycles. The maximum Gasteiger partial charge on any atom is 0.224 e. The van der Waals surface area contributed by atoms with E-state index >= 15 is 0 Å². The van der Waals surface area contributed by atoms with Gasteiger partial charge >= 0.3 is 0 Å². The molecule has 5 heteroatoms. The van der Waals surface area contributed by atoms with Crippen LogP contribution in [0.1, 0.15) is 10.6 Å². The molecule has 0 N–H and O–H groups in total. The molecule has 0 aliphatic rings. The number of hydrogen-bond acceptors (Lipinski definition) is 4. The van der Waals surface area contributed by atoms with Gasteiger partial charge in [0.2, 0.25) is 5.51 Å². The Morgan fingerprint density at radius 1 is 1.12 bits per heavy atom. The van der Waals surface area contributed by atoms with Crippen molar-refractivity contribution in [3.05, 3.63) is 16.1 Å². The van der Waals surface area contributed by atoms with E-state index in [1.165, 1.54) is 10.6 Å². The molecule has 1 aromatic rings. The van der Waals surface area contributed by atoms with E-state index in [9.17, 15) is 0 Å². The summed E-state index contributed by atoms with van der Waals surface area (Å²) in [5, 5.41) is 0. The Morgan fingerprint density at radius 3 is 2.35 bits per heavy atom. The molecule has 1 heterocycles.